The van der Waals surface area contributed by atoms with Gasteiger partial charge < -0.3 is 10.1 Å². The van der Waals surface area contributed by atoms with E-state index in [4.69, 9.17) is 4.74 Å². The Morgan fingerprint density at radius 3 is 2.50 bits per heavy atom. The summed E-state index contributed by atoms with van der Waals surface area (Å²) >= 11 is 0. The minimum Gasteiger partial charge on any atom is -0.469 e. The summed E-state index contributed by atoms with van der Waals surface area (Å²) in [5.41, 5.74) is 1.31. The fourth-order valence-electron chi connectivity index (χ4n) is 2.87. The van der Waals surface area contributed by atoms with Crippen molar-refractivity contribution in [3.05, 3.63) is 29.8 Å². The number of hydrogen-bond donors (Lipinski definition) is 1. The molecule has 5 nitrogen and oxygen atoms in total. The fraction of sp³-hybridized carbons (Fsp3) is 0.529. The Morgan fingerprint density at radius 1 is 1.27 bits per heavy atom. The second-order valence-electron chi connectivity index (χ2n) is 6.77. The van der Waals surface area contributed by atoms with Gasteiger partial charge in [-0.25, -0.2) is 4.79 Å². The minimum atomic E-state index is -0.324. The van der Waals surface area contributed by atoms with E-state index >= 15 is 0 Å². The molecule has 0 spiro atoms. The van der Waals surface area contributed by atoms with Gasteiger partial charge in [-0.05, 0) is 45.7 Å². The Kier molecular flexibility index (Phi) is 4.44. The summed E-state index contributed by atoms with van der Waals surface area (Å²) in [6.07, 6.45) is 0.557. The lowest BCUT2D eigenvalue weighted by Gasteiger charge is -2.39. The molecule has 1 heterocycles. The predicted octanol–water partition coefficient (Wildman–Crippen LogP) is 3.05. The molecule has 0 aromatic heterocycles. The van der Waals surface area contributed by atoms with Gasteiger partial charge in [0.2, 0.25) is 0 Å². The summed E-state index contributed by atoms with van der Waals surface area (Å²) in [4.78, 5) is 26.4. The molecule has 2 unspecified atom stereocenters. The van der Waals surface area contributed by atoms with Crippen LogP contribution in [0.1, 0.15) is 45.6 Å². The number of urea groups is 1. The highest BCUT2D eigenvalue weighted by Crippen LogP contribution is 2.39. The molecule has 2 amide bonds. The predicted molar refractivity (Wildman–Crippen MR) is 86.0 cm³/mol. The second kappa shape index (κ2) is 5.99. The van der Waals surface area contributed by atoms with Crippen molar-refractivity contribution in [2.24, 2.45) is 0 Å². The van der Waals surface area contributed by atoms with Gasteiger partial charge in [0.05, 0.1) is 13.0 Å². The van der Waals surface area contributed by atoms with Crippen LogP contribution in [0.4, 0.5) is 10.5 Å². The molecule has 1 aromatic carbocycles. The lowest BCUT2D eigenvalue weighted by molar-refractivity contribution is -0.142. The van der Waals surface area contributed by atoms with Crippen LogP contribution in [0, 0.1) is 0 Å². The average molecular weight is 304 g/mol. The molecule has 1 aromatic rings. The van der Waals surface area contributed by atoms with Gasteiger partial charge in [-0.1, -0.05) is 18.2 Å². The molecule has 120 valence electrons. The number of nitrogens with one attached hydrogen (secondary N) is 1. The molecule has 22 heavy (non-hydrogen) atoms. The third-order valence-corrected chi connectivity index (χ3v) is 3.78. The van der Waals surface area contributed by atoms with Gasteiger partial charge in [-0.2, -0.15) is 0 Å². The molecule has 0 aliphatic carbocycles. The molecule has 1 aliphatic rings. The van der Waals surface area contributed by atoms with Crippen molar-refractivity contribution >= 4 is 17.7 Å². The van der Waals surface area contributed by atoms with E-state index in [1.807, 2.05) is 52.0 Å². The van der Waals surface area contributed by atoms with Crippen molar-refractivity contribution in [3.63, 3.8) is 0 Å². The first-order valence-corrected chi connectivity index (χ1v) is 7.52. The van der Waals surface area contributed by atoms with E-state index in [2.05, 4.69) is 5.32 Å². The number of fused-ring (bicyclic) bond motifs is 1. The standard InChI is InChI=1S/C17H24N2O3/c1-11-10-13(15(20)22-5)12-8-6-7-9-14(12)19(11)16(21)18-17(2,3)4/h6-9,11,13H,10H2,1-5H3,(H,18,21). The highest BCUT2D eigenvalue weighted by Gasteiger charge is 2.38. The van der Waals surface area contributed by atoms with Crippen LogP contribution in [-0.2, 0) is 9.53 Å². The monoisotopic (exact) mass is 304 g/mol. The number of para-hydroxylation sites is 1. The smallest absolute Gasteiger partial charge is 0.322 e. The molecule has 5 heteroatoms. The molecular formula is C17H24N2O3. The Balaban J connectivity index is 2.40. The number of ether oxygens (including phenoxy) is 1. The fourth-order valence-corrected chi connectivity index (χ4v) is 2.87. The maximum absolute atomic E-state index is 12.6. The number of methoxy groups -OCH3 is 1. The van der Waals surface area contributed by atoms with E-state index in [1.54, 1.807) is 4.90 Å². The van der Waals surface area contributed by atoms with Gasteiger partial charge >= 0.3 is 12.0 Å². The number of rotatable bonds is 1. The van der Waals surface area contributed by atoms with Crippen molar-refractivity contribution in [1.82, 2.24) is 5.32 Å². The summed E-state index contributed by atoms with van der Waals surface area (Å²) in [6.45, 7) is 7.79. The first kappa shape index (κ1) is 16.3. The third kappa shape index (κ3) is 3.24. The van der Waals surface area contributed by atoms with E-state index in [0.29, 0.717) is 6.42 Å². The number of amides is 2. The summed E-state index contributed by atoms with van der Waals surface area (Å²) in [7, 11) is 1.40. The van der Waals surface area contributed by atoms with Crippen LogP contribution < -0.4 is 10.2 Å². The van der Waals surface area contributed by atoms with E-state index in [1.165, 1.54) is 7.11 Å². The van der Waals surface area contributed by atoms with Crippen molar-refractivity contribution in [2.75, 3.05) is 12.0 Å². The molecule has 0 saturated heterocycles. The summed E-state index contributed by atoms with van der Waals surface area (Å²) in [6, 6.07) is 7.30. The van der Waals surface area contributed by atoms with Gasteiger partial charge in [0, 0.05) is 17.3 Å². The van der Waals surface area contributed by atoms with Gasteiger partial charge in [0.15, 0.2) is 0 Å². The number of benzene rings is 1. The van der Waals surface area contributed by atoms with E-state index in [-0.39, 0.29) is 29.5 Å². The number of anilines is 1. The van der Waals surface area contributed by atoms with Crippen LogP contribution in [0.15, 0.2) is 24.3 Å². The van der Waals surface area contributed by atoms with Gasteiger partial charge in [-0.15, -0.1) is 0 Å². The van der Waals surface area contributed by atoms with Crippen LogP contribution in [0.3, 0.4) is 0 Å². The van der Waals surface area contributed by atoms with Gasteiger partial charge in [-0.3, -0.25) is 9.69 Å². The average Bonchev–Trinajstić information content (AvgIpc) is 2.43. The molecule has 0 saturated carbocycles. The Hall–Kier alpha value is -2.04. The maximum atomic E-state index is 12.6. The van der Waals surface area contributed by atoms with Gasteiger partial charge in [0.1, 0.15) is 0 Å². The zero-order valence-electron chi connectivity index (χ0n) is 13.8. The van der Waals surface area contributed by atoms with E-state index in [0.717, 1.165) is 11.3 Å². The maximum Gasteiger partial charge on any atom is 0.322 e. The molecule has 1 N–H and O–H groups in total. The highest BCUT2D eigenvalue weighted by molar-refractivity contribution is 5.96. The number of carbonyl (C=O) groups is 2. The number of carbonyl (C=O) groups excluding carboxylic acids is 2. The normalized spacial score (nSPS) is 21.0. The minimum absolute atomic E-state index is 0.0821. The summed E-state index contributed by atoms with van der Waals surface area (Å²) in [5.74, 6) is -0.579. The topological polar surface area (TPSA) is 58.6 Å². The summed E-state index contributed by atoms with van der Waals surface area (Å²) < 4.78 is 4.91. The molecule has 2 rings (SSSR count). The van der Waals surface area contributed by atoms with Crippen LogP contribution in [0.2, 0.25) is 0 Å². The molecule has 0 radical (unpaired) electrons. The van der Waals surface area contributed by atoms with E-state index in [9.17, 15) is 9.59 Å². The lowest BCUT2D eigenvalue weighted by Crippen LogP contribution is -2.53. The third-order valence-electron chi connectivity index (χ3n) is 3.78. The van der Waals surface area contributed by atoms with E-state index < -0.39 is 0 Å². The van der Waals surface area contributed by atoms with Crippen molar-refractivity contribution in [1.29, 1.82) is 0 Å². The van der Waals surface area contributed by atoms with Gasteiger partial charge in [0.25, 0.3) is 0 Å². The number of nitrogens with zero attached hydrogens (tertiary/aromatic N) is 1. The molecule has 2 atom stereocenters. The second-order valence-corrected chi connectivity index (χ2v) is 6.77. The molecule has 0 bridgehead atoms. The van der Waals surface area contributed by atoms with Crippen LogP contribution in [0.5, 0.6) is 0 Å². The van der Waals surface area contributed by atoms with Crippen molar-refractivity contribution < 1.29 is 14.3 Å². The first-order chi connectivity index (χ1) is 10.2. The Bertz CT molecular complexity index is 578. The highest BCUT2D eigenvalue weighted by atomic mass is 16.5. The Morgan fingerprint density at radius 2 is 1.91 bits per heavy atom. The molecular weight excluding hydrogens is 280 g/mol. The number of esters is 1. The summed E-state index contributed by atoms with van der Waals surface area (Å²) in [5, 5.41) is 2.99. The quantitative estimate of drug-likeness (QED) is 0.811. The van der Waals surface area contributed by atoms with Crippen LogP contribution >= 0.6 is 0 Å². The Labute approximate surface area is 131 Å². The number of hydrogen-bond acceptors (Lipinski definition) is 3. The molecule has 1 aliphatic heterocycles. The van der Waals surface area contributed by atoms with Crippen LogP contribution in [0.25, 0.3) is 0 Å². The lowest BCUT2D eigenvalue weighted by atomic mass is 9.86. The SMILES string of the molecule is COC(=O)C1CC(C)N(C(=O)NC(C)(C)C)c2ccccc21. The van der Waals surface area contributed by atoms with Crippen molar-refractivity contribution in [2.45, 2.75) is 51.6 Å². The largest absolute Gasteiger partial charge is 0.469 e. The zero-order chi connectivity index (χ0) is 16.5. The molecule has 0 fully saturated rings. The van der Waals surface area contributed by atoms with Crippen molar-refractivity contribution in [3.8, 4) is 0 Å². The zero-order valence-corrected chi connectivity index (χ0v) is 13.8. The first-order valence-electron chi connectivity index (χ1n) is 7.52. The van der Waals surface area contributed by atoms with Crippen LogP contribution in [-0.4, -0.2) is 30.7 Å².